The van der Waals surface area contributed by atoms with Crippen LogP contribution in [0.1, 0.15) is 77.6 Å². The van der Waals surface area contributed by atoms with Crippen LogP contribution >= 0.6 is 38.6 Å². The summed E-state index contributed by atoms with van der Waals surface area (Å²) in [7, 11) is -0.332. The smallest absolute Gasteiger partial charge is 0.399 e. The first kappa shape index (κ1) is 60.7. The number of benzene rings is 8. The summed E-state index contributed by atoms with van der Waals surface area (Å²) in [5, 5.41) is 1.96. The average Bonchev–Trinajstić information content (AvgIpc) is 1.57. The molecule has 3 aliphatic rings. The van der Waals surface area contributed by atoms with Gasteiger partial charge in [0.15, 0.2) is 11.6 Å². The van der Waals surface area contributed by atoms with Crippen molar-refractivity contribution in [2.75, 3.05) is 0 Å². The van der Waals surface area contributed by atoms with Gasteiger partial charge in [-0.05, 0) is 91.8 Å². The number of aromatic nitrogens is 8. The van der Waals surface area contributed by atoms with Crippen LogP contribution < -0.4 is 5.46 Å². The molecule has 6 aromatic heterocycles. The molecule has 1 aliphatic heterocycles. The number of thiazole rings is 2. The first-order valence-corrected chi connectivity index (χ1v) is 33.9. The molecule has 10 nitrogen and oxygen atoms in total. The molecule has 0 unspecified atom stereocenters. The van der Waals surface area contributed by atoms with Crippen molar-refractivity contribution in [3.05, 3.63) is 270 Å². The summed E-state index contributed by atoms with van der Waals surface area (Å²) in [6, 6.07) is 79.5. The Morgan fingerprint density at radius 1 is 0.340 bits per heavy atom. The average molecular weight is 1320 g/mol. The maximum absolute atomic E-state index is 6.10. The third-order valence-corrected chi connectivity index (χ3v) is 21.2. The number of halogens is 1. The molecule has 7 heterocycles. The molecule has 0 N–H and O–H groups in total. The van der Waals surface area contributed by atoms with E-state index in [0.29, 0.717) is 0 Å². The van der Waals surface area contributed by atoms with Crippen LogP contribution in [0.25, 0.3) is 121 Å². The van der Waals surface area contributed by atoms with Crippen molar-refractivity contribution >= 4 is 71.9 Å². The molecule has 94 heavy (non-hydrogen) atoms. The van der Waals surface area contributed by atoms with E-state index < -0.39 is 0 Å². The minimum Gasteiger partial charge on any atom is -0.399 e. The van der Waals surface area contributed by atoms with Gasteiger partial charge in [0.05, 0.1) is 34.0 Å². The maximum atomic E-state index is 6.10. The number of fused-ring (bicyclic) bond motifs is 8. The Kier molecular flexibility index (Phi) is 15.6. The largest absolute Gasteiger partial charge is 0.494 e. The lowest BCUT2D eigenvalue weighted by Gasteiger charge is -2.32. The van der Waals surface area contributed by atoms with Crippen LogP contribution in [0.4, 0.5) is 0 Å². The zero-order valence-corrected chi connectivity index (χ0v) is 56.5. The molecular formula is C80H64BBrN8O2S2. The van der Waals surface area contributed by atoms with Gasteiger partial charge in [-0.25, -0.2) is 39.9 Å². The highest BCUT2D eigenvalue weighted by Crippen LogP contribution is 2.53. The van der Waals surface area contributed by atoms with Crippen LogP contribution in [0, 0.1) is 0 Å². The van der Waals surface area contributed by atoms with Gasteiger partial charge >= 0.3 is 7.12 Å². The molecule has 0 spiro atoms. The van der Waals surface area contributed by atoms with E-state index in [-0.39, 0.29) is 29.2 Å². The first-order valence-electron chi connectivity index (χ1n) is 31.5. The Labute approximate surface area is 564 Å². The van der Waals surface area contributed by atoms with Crippen molar-refractivity contribution < 1.29 is 9.31 Å². The minimum absolute atomic E-state index is 0.149. The molecule has 0 saturated carbocycles. The van der Waals surface area contributed by atoms with Gasteiger partial charge in [0.25, 0.3) is 0 Å². The Morgan fingerprint density at radius 3 is 1.13 bits per heavy atom. The summed E-state index contributed by atoms with van der Waals surface area (Å²) in [6.45, 7) is 17.4. The topological polar surface area (TPSA) is 122 Å². The van der Waals surface area contributed by atoms with Gasteiger partial charge in [-0.1, -0.05) is 260 Å². The van der Waals surface area contributed by atoms with E-state index in [1.807, 2.05) is 66.9 Å². The molecule has 17 rings (SSSR count). The fraction of sp³-hybridized carbons (Fsp3) is 0.150. The van der Waals surface area contributed by atoms with Gasteiger partial charge in [-0.3, -0.25) is 0 Å². The Hall–Kier alpha value is -9.54. The third-order valence-electron chi connectivity index (χ3n) is 18.6. The molecule has 14 heteroatoms. The number of rotatable bonds is 8. The van der Waals surface area contributed by atoms with Gasteiger partial charge in [0.2, 0.25) is 0 Å². The van der Waals surface area contributed by atoms with Crippen LogP contribution in [-0.2, 0) is 20.1 Å². The van der Waals surface area contributed by atoms with E-state index in [0.717, 1.165) is 120 Å². The molecular weight excluding hydrogens is 1260 g/mol. The second kappa shape index (κ2) is 24.1. The van der Waals surface area contributed by atoms with Crippen LogP contribution in [-0.4, -0.2) is 58.2 Å². The fourth-order valence-corrected chi connectivity index (χ4v) is 15.0. The van der Waals surface area contributed by atoms with Crippen LogP contribution in [0.5, 0.6) is 0 Å². The zero-order valence-electron chi connectivity index (χ0n) is 53.3. The Bertz CT molecular complexity index is 5070. The summed E-state index contributed by atoms with van der Waals surface area (Å²) in [5.41, 5.74) is 22.1. The lowest BCUT2D eigenvalue weighted by atomic mass is 9.79. The van der Waals surface area contributed by atoms with E-state index in [4.69, 9.17) is 34.2 Å². The number of nitrogens with zero attached hydrogens (tertiary/aromatic N) is 8. The third kappa shape index (κ3) is 11.2. The van der Waals surface area contributed by atoms with Gasteiger partial charge in [-0.2, -0.15) is 0 Å². The van der Waals surface area contributed by atoms with Gasteiger partial charge in [0.1, 0.15) is 30.7 Å². The molecule has 14 aromatic rings. The quantitative estimate of drug-likeness (QED) is 0.136. The van der Waals surface area contributed by atoms with E-state index >= 15 is 0 Å². The number of pyridine rings is 2. The second-order valence-electron chi connectivity index (χ2n) is 25.9. The van der Waals surface area contributed by atoms with Crippen LogP contribution in [0.3, 0.4) is 0 Å². The first-order chi connectivity index (χ1) is 45.5. The predicted molar refractivity (Wildman–Crippen MR) is 389 cm³/mol. The van der Waals surface area contributed by atoms with Crippen molar-refractivity contribution in [3.8, 4) is 100 Å². The highest BCUT2D eigenvalue weighted by Gasteiger charge is 2.52. The second-order valence-corrected chi connectivity index (χ2v) is 28.7. The van der Waals surface area contributed by atoms with E-state index in [1.165, 1.54) is 33.4 Å². The van der Waals surface area contributed by atoms with E-state index in [2.05, 4.69) is 256 Å². The molecule has 0 radical (unpaired) electrons. The monoisotopic (exact) mass is 1320 g/mol. The summed E-state index contributed by atoms with van der Waals surface area (Å²) in [6.07, 6.45) is 3.61. The van der Waals surface area contributed by atoms with Gasteiger partial charge in [-0.15, -0.1) is 0 Å². The Morgan fingerprint density at radius 2 is 0.702 bits per heavy atom. The number of hydrogen-bond donors (Lipinski definition) is 0. The standard InChI is InChI=1S/C37H26N4S.C25H19BrN2.C18H19BN2O2S/c1-37(2)29-12-7-6-11-28(29)33-31(37)32(40-34(41-33)26-9-4-3-5-10-26)25-18-14-23(15-19-25)24-16-20-27(21-17-24)35-39-30-13-8-22-38-36(30)42-35;1-25(2)20-11-7-6-10-19(20)23-21(25)22(16-12-14-18(26)15-13-16)27-24(28-23)17-8-4-3-5-9-17;1-17(2)18(3,4)23-19(22-17)13-9-7-12(8-10-13)15-21-14-6-5-11-20-16(14)24-15/h3-22H,1-2H3;3-15H,1-2H3;5-11H,1-4H3. The predicted octanol–water partition coefficient (Wildman–Crippen LogP) is 20.0. The molecule has 0 amide bonds. The summed E-state index contributed by atoms with van der Waals surface area (Å²) in [4.78, 5) is 40.6. The van der Waals surface area contributed by atoms with Crippen molar-refractivity contribution in [1.29, 1.82) is 0 Å². The molecule has 1 fully saturated rings. The summed E-state index contributed by atoms with van der Waals surface area (Å²) in [5.74, 6) is 1.52. The van der Waals surface area contributed by atoms with E-state index in [9.17, 15) is 0 Å². The zero-order chi connectivity index (χ0) is 64.5. The van der Waals surface area contributed by atoms with E-state index in [1.54, 1.807) is 28.9 Å². The Balaban J connectivity index is 0.000000122. The highest BCUT2D eigenvalue weighted by molar-refractivity contribution is 9.10. The number of hydrogen-bond acceptors (Lipinski definition) is 12. The summed E-state index contributed by atoms with van der Waals surface area (Å²) < 4.78 is 13.3. The van der Waals surface area contributed by atoms with Crippen molar-refractivity contribution in [1.82, 2.24) is 39.9 Å². The fourth-order valence-electron chi connectivity index (χ4n) is 12.9. The highest BCUT2D eigenvalue weighted by atomic mass is 79.9. The van der Waals surface area contributed by atoms with Crippen LogP contribution in [0.15, 0.2) is 247 Å². The molecule has 458 valence electrons. The van der Waals surface area contributed by atoms with Crippen molar-refractivity contribution in [2.45, 2.75) is 77.4 Å². The molecule has 8 aromatic carbocycles. The molecule has 0 bridgehead atoms. The lowest BCUT2D eigenvalue weighted by molar-refractivity contribution is 0.00578. The SMILES string of the molecule is CC1(C)OB(c2ccc(-c3nc4cccnc4s3)cc2)OC1(C)C.CC1(C)c2ccccc2-c2nc(-c3ccccc3)nc(-c3ccc(-c4ccc(-c5nc6cccnc6s5)cc4)cc3)c21.CC1(C)c2ccccc2-c2nc(-c3ccccc3)nc(-c3ccc(Br)cc3)c21. The minimum atomic E-state index is -0.332. The maximum Gasteiger partial charge on any atom is 0.494 e. The van der Waals surface area contributed by atoms with Crippen LogP contribution in [0.2, 0.25) is 0 Å². The normalized spacial score (nSPS) is 14.9. The lowest BCUT2D eigenvalue weighted by Crippen LogP contribution is -2.41. The van der Waals surface area contributed by atoms with Gasteiger partial charge in [0, 0.05) is 83.3 Å². The van der Waals surface area contributed by atoms with Gasteiger partial charge < -0.3 is 9.31 Å². The molecule has 2 aliphatic carbocycles. The van der Waals surface area contributed by atoms with Crippen molar-refractivity contribution in [2.24, 2.45) is 0 Å². The molecule has 0 atom stereocenters. The van der Waals surface area contributed by atoms with Crippen molar-refractivity contribution in [3.63, 3.8) is 0 Å². The summed E-state index contributed by atoms with van der Waals surface area (Å²) >= 11 is 6.77. The molecule has 1 saturated heterocycles.